The summed E-state index contributed by atoms with van der Waals surface area (Å²) in [5.74, 6) is 0.167. The summed E-state index contributed by atoms with van der Waals surface area (Å²) in [5, 5.41) is 6.39. The molecule has 1 aliphatic heterocycles. The lowest BCUT2D eigenvalue weighted by atomic mass is 10.0. The molecule has 1 heterocycles. The summed E-state index contributed by atoms with van der Waals surface area (Å²) < 4.78 is 0. The molecule has 1 fully saturated rings. The molecule has 4 nitrogen and oxygen atoms in total. The minimum Gasteiger partial charge on any atom is -0.353 e. The lowest BCUT2D eigenvalue weighted by molar-refractivity contribution is -0.123. The van der Waals surface area contributed by atoms with Crippen LogP contribution in [0.25, 0.3) is 0 Å². The van der Waals surface area contributed by atoms with Crippen LogP contribution in [0.3, 0.4) is 0 Å². The Kier molecular flexibility index (Phi) is 6.52. The summed E-state index contributed by atoms with van der Waals surface area (Å²) in [6, 6.07) is 0.400. The van der Waals surface area contributed by atoms with E-state index < -0.39 is 0 Å². The molecule has 1 aliphatic rings. The van der Waals surface area contributed by atoms with Gasteiger partial charge in [0.1, 0.15) is 0 Å². The van der Waals surface area contributed by atoms with Gasteiger partial charge in [-0.25, -0.2) is 0 Å². The average Bonchev–Trinajstić information content (AvgIpc) is 2.24. The van der Waals surface area contributed by atoms with Crippen LogP contribution in [0.2, 0.25) is 0 Å². The fourth-order valence-corrected chi connectivity index (χ4v) is 1.98. The molecule has 17 heavy (non-hydrogen) atoms. The highest BCUT2D eigenvalue weighted by Gasteiger charge is 2.19. The minimum absolute atomic E-state index is 0.0182. The Morgan fingerprint density at radius 1 is 1.35 bits per heavy atom. The molecule has 2 N–H and O–H groups in total. The molecule has 0 aromatic carbocycles. The second-order valence-corrected chi connectivity index (χ2v) is 5.27. The predicted molar refractivity (Wildman–Crippen MR) is 71.0 cm³/mol. The number of amides is 1. The first-order valence-electron chi connectivity index (χ1n) is 6.79. The van der Waals surface area contributed by atoms with Crippen LogP contribution in [0, 0.1) is 0 Å². The van der Waals surface area contributed by atoms with Crippen molar-refractivity contribution in [2.24, 2.45) is 0 Å². The number of rotatable bonds is 4. The Morgan fingerprint density at radius 2 is 2.06 bits per heavy atom. The molecule has 0 aromatic heterocycles. The maximum Gasteiger partial charge on any atom is 0.237 e. The maximum atomic E-state index is 12.0. The van der Waals surface area contributed by atoms with E-state index >= 15 is 0 Å². The van der Waals surface area contributed by atoms with E-state index in [1.54, 1.807) is 0 Å². The monoisotopic (exact) mass is 241 g/mol. The molecule has 4 heteroatoms. The third kappa shape index (κ3) is 5.50. The van der Waals surface area contributed by atoms with Gasteiger partial charge in [-0.1, -0.05) is 19.3 Å². The highest BCUT2D eigenvalue weighted by molar-refractivity contribution is 5.81. The highest BCUT2D eigenvalue weighted by atomic mass is 16.2. The first kappa shape index (κ1) is 14.5. The standard InChI is InChI=1S/C13H27N3O/c1-11(16(2)3)10-15-13(17)12-8-6-4-5-7-9-14-12/h11-12,14H,4-10H2,1-3H3,(H,15,17). The zero-order chi connectivity index (χ0) is 12.7. The van der Waals surface area contributed by atoms with Gasteiger partial charge >= 0.3 is 0 Å². The second kappa shape index (κ2) is 7.67. The number of carbonyl (C=O) groups is 1. The topological polar surface area (TPSA) is 44.4 Å². The Labute approximate surface area is 105 Å². The molecule has 0 spiro atoms. The molecule has 0 aromatic rings. The molecule has 2 unspecified atom stereocenters. The number of hydrogen-bond acceptors (Lipinski definition) is 3. The number of likely N-dealkylation sites (N-methyl/N-ethyl adjacent to an activating group) is 1. The zero-order valence-corrected chi connectivity index (χ0v) is 11.5. The smallest absolute Gasteiger partial charge is 0.237 e. The van der Waals surface area contributed by atoms with Crippen molar-refractivity contribution >= 4 is 5.91 Å². The molecule has 100 valence electrons. The van der Waals surface area contributed by atoms with Gasteiger partial charge in [-0.05, 0) is 40.4 Å². The van der Waals surface area contributed by atoms with E-state index in [9.17, 15) is 4.79 Å². The van der Waals surface area contributed by atoms with Crippen LogP contribution in [0.4, 0.5) is 0 Å². The van der Waals surface area contributed by atoms with Crippen LogP contribution < -0.4 is 10.6 Å². The fourth-order valence-electron chi connectivity index (χ4n) is 1.98. The van der Waals surface area contributed by atoms with Crippen LogP contribution in [0.15, 0.2) is 0 Å². The van der Waals surface area contributed by atoms with Gasteiger partial charge in [0.2, 0.25) is 5.91 Å². The number of hydrogen-bond donors (Lipinski definition) is 2. The molecular weight excluding hydrogens is 214 g/mol. The lowest BCUT2D eigenvalue weighted by Gasteiger charge is -2.24. The van der Waals surface area contributed by atoms with Crippen molar-refractivity contribution in [3.8, 4) is 0 Å². The number of carbonyl (C=O) groups excluding carboxylic acids is 1. The highest BCUT2D eigenvalue weighted by Crippen LogP contribution is 2.09. The Bertz CT molecular complexity index is 223. The number of nitrogens with zero attached hydrogens (tertiary/aromatic N) is 1. The quantitative estimate of drug-likeness (QED) is 0.771. The molecular formula is C13H27N3O. The molecule has 1 rings (SSSR count). The van der Waals surface area contributed by atoms with E-state index in [1.165, 1.54) is 19.3 Å². The Balaban J connectivity index is 2.29. The number of nitrogens with one attached hydrogen (secondary N) is 2. The molecule has 2 atom stereocenters. The normalized spacial score (nSPS) is 23.9. The lowest BCUT2D eigenvalue weighted by Crippen LogP contribution is -2.48. The van der Waals surface area contributed by atoms with Gasteiger partial charge in [0, 0.05) is 12.6 Å². The largest absolute Gasteiger partial charge is 0.353 e. The van der Waals surface area contributed by atoms with E-state index in [0.29, 0.717) is 6.04 Å². The van der Waals surface area contributed by atoms with Gasteiger partial charge in [0.25, 0.3) is 0 Å². The SMILES string of the molecule is CC(CNC(=O)C1CCCCCCN1)N(C)C. The molecule has 1 amide bonds. The Hall–Kier alpha value is -0.610. The second-order valence-electron chi connectivity index (χ2n) is 5.27. The van der Waals surface area contributed by atoms with Crippen LogP contribution in [0.1, 0.15) is 39.0 Å². The van der Waals surface area contributed by atoms with Crippen molar-refractivity contribution in [1.82, 2.24) is 15.5 Å². The van der Waals surface area contributed by atoms with Crippen LogP contribution in [0.5, 0.6) is 0 Å². The van der Waals surface area contributed by atoms with E-state index in [1.807, 2.05) is 14.1 Å². The van der Waals surface area contributed by atoms with Crippen molar-refractivity contribution in [2.45, 2.75) is 51.1 Å². The maximum absolute atomic E-state index is 12.0. The molecule has 0 aliphatic carbocycles. The van der Waals surface area contributed by atoms with Crippen LogP contribution in [-0.4, -0.2) is 50.1 Å². The van der Waals surface area contributed by atoms with Gasteiger partial charge in [-0.15, -0.1) is 0 Å². The third-order valence-electron chi connectivity index (χ3n) is 3.58. The third-order valence-corrected chi connectivity index (χ3v) is 3.58. The summed E-state index contributed by atoms with van der Waals surface area (Å²) in [6.45, 7) is 3.82. The summed E-state index contributed by atoms with van der Waals surface area (Å²) in [7, 11) is 4.07. The van der Waals surface area contributed by atoms with E-state index in [4.69, 9.17) is 0 Å². The van der Waals surface area contributed by atoms with Gasteiger partial charge in [-0.2, -0.15) is 0 Å². The van der Waals surface area contributed by atoms with Crippen molar-refractivity contribution in [1.29, 1.82) is 0 Å². The van der Waals surface area contributed by atoms with Gasteiger partial charge in [0.15, 0.2) is 0 Å². The van der Waals surface area contributed by atoms with Gasteiger partial charge < -0.3 is 15.5 Å². The summed E-state index contributed by atoms with van der Waals surface area (Å²) >= 11 is 0. The van der Waals surface area contributed by atoms with Crippen molar-refractivity contribution in [3.05, 3.63) is 0 Å². The summed E-state index contributed by atoms with van der Waals surface area (Å²) in [5.41, 5.74) is 0. The van der Waals surface area contributed by atoms with Crippen molar-refractivity contribution in [2.75, 3.05) is 27.2 Å². The summed E-state index contributed by atoms with van der Waals surface area (Å²) in [4.78, 5) is 14.1. The van der Waals surface area contributed by atoms with E-state index in [0.717, 1.165) is 25.9 Å². The predicted octanol–water partition coefficient (Wildman–Crippen LogP) is 0.975. The van der Waals surface area contributed by atoms with Gasteiger partial charge in [0.05, 0.1) is 6.04 Å². The average molecular weight is 241 g/mol. The molecule has 0 bridgehead atoms. The van der Waals surface area contributed by atoms with E-state index in [2.05, 4.69) is 22.5 Å². The first-order valence-corrected chi connectivity index (χ1v) is 6.79. The van der Waals surface area contributed by atoms with E-state index in [-0.39, 0.29) is 11.9 Å². The first-order chi connectivity index (χ1) is 8.11. The molecule has 0 saturated carbocycles. The van der Waals surface area contributed by atoms with Crippen LogP contribution in [-0.2, 0) is 4.79 Å². The van der Waals surface area contributed by atoms with Crippen LogP contribution >= 0.6 is 0 Å². The molecule has 0 radical (unpaired) electrons. The van der Waals surface area contributed by atoms with Crippen molar-refractivity contribution in [3.63, 3.8) is 0 Å². The fraction of sp³-hybridized carbons (Fsp3) is 0.923. The summed E-state index contributed by atoms with van der Waals surface area (Å²) in [6.07, 6.45) is 5.88. The van der Waals surface area contributed by atoms with Crippen molar-refractivity contribution < 1.29 is 4.79 Å². The zero-order valence-electron chi connectivity index (χ0n) is 11.5. The minimum atomic E-state index is 0.0182. The molecule has 1 saturated heterocycles. The van der Waals surface area contributed by atoms with Gasteiger partial charge in [-0.3, -0.25) is 4.79 Å². The Morgan fingerprint density at radius 3 is 2.76 bits per heavy atom.